The molecule has 4 aliphatic heterocycles. The molecule has 1 spiro atoms. The Kier molecular flexibility index (Phi) is 6.77. The number of likely N-dealkylation sites (N-methyl/N-ethyl adjacent to an activating group) is 1. The second-order valence-electron chi connectivity index (χ2n) is 11.8. The highest BCUT2D eigenvalue weighted by Crippen LogP contribution is 2.59. The van der Waals surface area contributed by atoms with Crippen LogP contribution in [-0.2, 0) is 25.8 Å². The number of carbonyl (C=O) groups excluding carboxylic acids is 3. The van der Waals surface area contributed by atoms with Crippen LogP contribution in [0, 0.1) is 17.8 Å². The molecule has 4 aliphatic rings. The number of aliphatic hydroxyl groups excluding tert-OH is 1. The van der Waals surface area contributed by atoms with Crippen LogP contribution >= 0.6 is 0 Å². The molecule has 3 amide bonds. The average molecular weight is 563 g/mol. The van der Waals surface area contributed by atoms with Crippen molar-refractivity contribution in [3.8, 4) is 0 Å². The van der Waals surface area contributed by atoms with Gasteiger partial charge >= 0.3 is 0 Å². The van der Waals surface area contributed by atoms with Crippen molar-refractivity contribution in [2.75, 3.05) is 26.7 Å². The molecule has 0 radical (unpaired) electrons. The van der Waals surface area contributed by atoms with Crippen LogP contribution in [0.2, 0.25) is 0 Å². The maximum Gasteiger partial charge on any atom is 0.250 e. The first-order chi connectivity index (χ1) is 19.7. The van der Waals surface area contributed by atoms with Crippen LogP contribution in [0.15, 0.2) is 48.6 Å². The molecule has 7 atom stereocenters. The SMILES string of the molecule is CC[C@H](C)[C@H](CO)N1C(=O)[C@@H]2[C@H]3C(=O)N(C)CC=C[C@@]3(CC)O[C@@]23C=CCN(Cn2nnc4ccccc42)C(=O)C13. The number of hydrogen-bond donors (Lipinski definition) is 1. The topological polar surface area (TPSA) is 121 Å². The molecule has 6 rings (SSSR count). The Hall–Kier alpha value is -3.57. The summed E-state index contributed by atoms with van der Waals surface area (Å²) in [5, 5.41) is 19.1. The molecule has 1 N–H and O–H groups in total. The third kappa shape index (κ3) is 3.89. The van der Waals surface area contributed by atoms with Crippen LogP contribution < -0.4 is 0 Å². The molecular weight excluding hydrogens is 524 g/mol. The lowest BCUT2D eigenvalue weighted by molar-refractivity contribution is -0.159. The van der Waals surface area contributed by atoms with Crippen molar-refractivity contribution in [3.63, 3.8) is 0 Å². The molecule has 1 aromatic carbocycles. The van der Waals surface area contributed by atoms with Gasteiger partial charge in [-0.15, -0.1) is 5.10 Å². The van der Waals surface area contributed by atoms with E-state index in [1.807, 2.05) is 69.3 Å². The molecule has 2 aromatic rings. The molecule has 1 unspecified atom stereocenters. The van der Waals surface area contributed by atoms with Gasteiger partial charge in [0.2, 0.25) is 11.8 Å². The Bertz CT molecular complexity index is 1440. The molecule has 0 bridgehead atoms. The van der Waals surface area contributed by atoms with Crippen molar-refractivity contribution in [3.05, 3.63) is 48.6 Å². The quantitative estimate of drug-likeness (QED) is 0.509. The second-order valence-corrected chi connectivity index (χ2v) is 11.8. The number of ether oxygens (including phenoxy) is 1. The predicted octanol–water partition coefficient (Wildman–Crippen LogP) is 1.58. The van der Waals surface area contributed by atoms with Gasteiger partial charge < -0.3 is 24.5 Å². The highest BCUT2D eigenvalue weighted by Gasteiger charge is 2.76. The van der Waals surface area contributed by atoms with E-state index in [1.54, 1.807) is 26.4 Å². The fourth-order valence-corrected chi connectivity index (χ4v) is 7.35. The van der Waals surface area contributed by atoms with Gasteiger partial charge in [-0.2, -0.15) is 0 Å². The van der Waals surface area contributed by atoms with E-state index < -0.39 is 35.1 Å². The maximum absolute atomic E-state index is 14.7. The predicted molar refractivity (Wildman–Crippen MR) is 150 cm³/mol. The summed E-state index contributed by atoms with van der Waals surface area (Å²) in [5.41, 5.74) is -0.890. The van der Waals surface area contributed by atoms with E-state index in [0.717, 1.165) is 11.0 Å². The number of aromatic nitrogens is 3. The molecule has 2 fully saturated rings. The number of fused-ring (bicyclic) bond motifs is 3. The van der Waals surface area contributed by atoms with E-state index in [0.29, 0.717) is 19.4 Å². The molecule has 11 nitrogen and oxygen atoms in total. The fourth-order valence-electron chi connectivity index (χ4n) is 7.35. The molecule has 41 heavy (non-hydrogen) atoms. The summed E-state index contributed by atoms with van der Waals surface area (Å²) in [7, 11) is 1.73. The zero-order valence-corrected chi connectivity index (χ0v) is 24.0. The van der Waals surface area contributed by atoms with Crippen LogP contribution in [0.4, 0.5) is 0 Å². The molecule has 1 aromatic heterocycles. The van der Waals surface area contributed by atoms with E-state index in [-0.39, 0.29) is 43.5 Å². The molecule has 218 valence electrons. The van der Waals surface area contributed by atoms with Crippen LogP contribution in [0.5, 0.6) is 0 Å². The maximum atomic E-state index is 14.7. The van der Waals surface area contributed by atoms with Gasteiger partial charge in [0.15, 0.2) is 0 Å². The van der Waals surface area contributed by atoms with Gasteiger partial charge in [0.1, 0.15) is 23.8 Å². The summed E-state index contributed by atoms with van der Waals surface area (Å²) in [4.78, 5) is 48.0. The molecule has 0 saturated carbocycles. The van der Waals surface area contributed by atoms with Gasteiger partial charge in [-0.25, -0.2) is 4.68 Å². The lowest BCUT2D eigenvalue weighted by atomic mass is 9.73. The van der Waals surface area contributed by atoms with Crippen LogP contribution in [0.3, 0.4) is 0 Å². The number of para-hydroxylation sites is 1. The number of carbonyl (C=O) groups is 3. The Balaban J connectivity index is 1.49. The number of benzene rings is 1. The first-order valence-corrected chi connectivity index (χ1v) is 14.5. The van der Waals surface area contributed by atoms with E-state index in [9.17, 15) is 19.5 Å². The highest BCUT2D eigenvalue weighted by molar-refractivity contribution is 6.00. The molecule has 11 heteroatoms. The van der Waals surface area contributed by atoms with Gasteiger partial charge in [0.25, 0.3) is 5.91 Å². The standard InChI is InChI=1S/C30H38N6O5/c1-5-19(3)22(17-37)36-25-28(40)34(18-35-21-12-8-7-11-20(21)31-32-35)16-10-14-30(25)24(27(36)39)23-26(38)33(4)15-9-13-29(23,6-2)41-30/h7-14,19,22-25,37H,5-6,15-18H2,1-4H3/t19-,22-,23-,24-,25?,29+,30-/m0/s1. The minimum Gasteiger partial charge on any atom is -0.394 e. The Morgan fingerprint density at radius 2 is 1.80 bits per heavy atom. The van der Waals surface area contributed by atoms with Gasteiger partial charge in [0.05, 0.1) is 35.6 Å². The highest BCUT2D eigenvalue weighted by atomic mass is 16.5. The lowest BCUT2D eigenvalue weighted by Crippen LogP contribution is -2.60. The van der Waals surface area contributed by atoms with Crippen molar-refractivity contribution in [2.45, 2.75) is 63.6 Å². The van der Waals surface area contributed by atoms with E-state index in [4.69, 9.17) is 4.74 Å². The van der Waals surface area contributed by atoms with Gasteiger partial charge in [-0.3, -0.25) is 14.4 Å². The normalized spacial score (nSPS) is 32.7. The summed E-state index contributed by atoms with van der Waals surface area (Å²) in [6, 6.07) is 5.87. The first kappa shape index (κ1) is 27.6. The number of rotatable bonds is 7. The fraction of sp³-hybridized carbons (Fsp3) is 0.567. The van der Waals surface area contributed by atoms with Gasteiger partial charge in [-0.05, 0) is 24.5 Å². The van der Waals surface area contributed by atoms with Gasteiger partial charge in [0, 0.05) is 20.1 Å². The lowest BCUT2D eigenvalue weighted by Gasteiger charge is -2.42. The third-order valence-electron chi connectivity index (χ3n) is 9.73. The number of nitrogens with zero attached hydrogens (tertiary/aromatic N) is 6. The smallest absolute Gasteiger partial charge is 0.250 e. The second kappa shape index (κ2) is 10.1. The summed E-state index contributed by atoms with van der Waals surface area (Å²) >= 11 is 0. The number of aliphatic hydroxyl groups is 1. The number of amides is 3. The zero-order chi connectivity index (χ0) is 29.1. The first-order valence-electron chi connectivity index (χ1n) is 14.5. The Labute approximate surface area is 239 Å². The van der Waals surface area contributed by atoms with Gasteiger partial charge in [-0.1, -0.05) is 68.8 Å². The summed E-state index contributed by atoms with van der Waals surface area (Å²) in [6.45, 7) is 6.42. The summed E-state index contributed by atoms with van der Waals surface area (Å²) < 4.78 is 8.65. The number of likely N-dealkylation sites (tertiary alicyclic amines) is 1. The summed E-state index contributed by atoms with van der Waals surface area (Å²) in [5.74, 6) is -2.59. The molecule has 0 aliphatic carbocycles. The van der Waals surface area contributed by atoms with Crippen molar-refractivity contribution in [2.24, 2.45) is 17.8 Å². The van der Waals surface area contributed by atoms with Crippen LogP contribution in [-0.4, -0.2) is 103 Å². The van der Waals surface area contributed by atoms with Crippen LogP contribution in [0.25, 0.3) is 11.0 Å². The minimum atomic E-state index is -1.37. The van der Waals surface area contributed by atoms with Crippen LogP contribution in [0.1, 0.15) is 33.6 Å². The third-order valence-corrected chi connectivity index (χ3v) is 9.73. The molecule has 2 saturated heterocycles. The monoisotopic (exact) mass is 562 g/mol. The van der Waals surface area contributed by atoms with Crippen molar-refractivity contribution >= 4 is 28.8 Å². The van der Waals surface area contributed by atoms with Crippen molar-refractivity contribution < 1.29 is 24.2 Å². The Morgan fingerprint density at radius 3 is 2.54 bits per heavy atom. The average Bonchev–Trinajstić information content (AvgIpc) is 3.52. The molecule has 5 heterocycles. The van der Waals surface area contributed by atoms with E-state index >= 15 is 0 Å². The van der Waals surface area contributed by atoms with E-state index in [2.05, 4.69) is 10.3 Å². The largest absolute Gasteiger partial charge is 0.394 e. The summed E-state index contributed by atoms with van der Waals surface area (Å²) in [6.07, 6.45) is 8.71. The molecular formula is C30H38N6O5. The van der Waals surface area contributed by atoms with E-state index in [1.165, 1.54) is 0 Å². The van der Waals surface area contributed by atoms with Crippen molar-refractivity contribution in [1.82, 2.24) is 29.7 Å². The number of hydrogen-bond acceptors (Lipinski definition) is 7. The van der Waals surface area contributed by atoms with Crippen molar-refractivity contribution in [1.29, 1.82) is 0 Å². The zero-order valence-electron chi connectivity index (χ0n) is 24.0. The Morgan fingerprint density at radius 1 is 1.05 bits per heavy atom. The minimum absolute atomic E-state index is 0.0871.